The van der Waals surface area contributed by atoms with E-state index in [1.165, 1.54) is 30.5 Å². The summed E-state index contributed by atoms with van der Waals surface area (Å²) in [5.41, 5.74) is 8.94. The minimum absolute atomic E-state index is 0.120. The van der Waals surface area contributed by atoms with E-state index in [0.717, 1.165) is 25.0 Å². The van der Waals surface area contributed by atoms with Crippen LogP contribution in [0.2, 0.25) is 0 Å². The van der Waals surface area contributed by atoms with E-state index in [9.17, 15) is 4.39 Å². The molecule has 2 bridgehead atoms. The highest BCUT2D eigenvalue weighted by molar-refractivity contribution is 5.36. The number of benzene rings is 1. The quantitative estimate of drug-likeness (QED) is 0.711. The maximum atomic E-state index is 12.6. The van der Waals surface area contributed by atoms with Gasteiger partial charge in [0.2, 0.25) is 0 Å². The van der Waals surface area contributed by atoms with Gasteiger partial charge in [-0.1, -0.05) is 12.1 Å². The van der Waals surface area contributed by atoms with Crippen molar-refractivity contribution in [3.05, 3.63) is 59.7 Å². The second-order valence-electron chi connectivity index (χ2n) is 8.53. The molecule has 0 atom stereocenters. The van der Waals surface area contributed by atoms with Crippen molar-refractivity contribution in [2.24, 2.45) is 5.73 Å². The number of aromatic nitrogens is 2. The molecule has 5 nitrogen and oxygen atoms in total. The first kappa shape index (κ1) is 20.1. The zero-order chi connectivity index (χ0) is 20.3. The summed E-state index contributed by atoms with van der Waals surface area (Å²) in [4.78, 5) is 0. The van der Waals surface area contributed by atoms with Crippen molar-refractivity contribution < 1.29 is 14.2 Å². The molecule has 3 fully saturated rings. The third-order valence-corrected chi connectivity index (χ3v) is 7.07. The Balaban J connectivity index is 1.42. The lowest BCUT2D eigenvalue weighted by Gasteiger charge is -2.53. The molecule has 0 aliphatic heterocycles. The number of fused-ring (bicyclic) bond motifs is 3. The molecule has 3 aliphatic carbocycles. The first-order valence-electron chi connectivity index (χ1n) is 10.5. The standard InChI is InChI=1S/C23H30FN3O2/c24-15-18(16-25)17-29-20-3-1-19(2-4-20)22-6-9-23(10-7-22,11-8-22)21-5-12-27(26-21)13-14-28/h1-5,12,15,28H,6-11,13-14,16-17,25H2/b18-15+. The molecule has 1 aromatic carbocycles. The van der Waals surface area contributed by atoms with Crippen molar-refractivity contribution in [2.45, 2.75) is 55.9 Å². The van der Waals surface area contributed by atoms with Crippen LogP contribution in [0, 0.1) is 0 Å². The number of aliphatic hydroxyl groups excluding tert-OH is 1. The van der Waals surface area contributed by atoms with Gasteiger partial charge in [-0.25, -0.2) is 4.39 Å². The third-order valence-electron chi connectivity index (χ3n) is 7.07. The molecule has 29 heavy (non-hydrogen) atoms. The summed E-state index contributed by atoms with van der Waals surface area (Å²) in [7, 11) is 0. The topological polar surface area (TPSA) is 73.3 Å². The molecule has 0 spiro atoms. The summed E-state index contributed by atoms with van der Waals surface area (Å²) in [6, 6.07) is 10.5. The van der Waals surface area contributed by atoms with Gasteiger partial charge >= 0.3 is 0 Å². The average Bonchev–Trinajstić information content (AvgIpc) is 3.26. The molecule has 1 aromatic heterocycles. The Labute approximate surface area is 171 Å². The molecule has 2 aromatic rings. The van der Waals surface area contributed by atoms with E-state index in [1.807, 2.05) is 23.0 Å². The Kier molecular flexibility index (Phi) is 5.74. The van der Waals surface area contributed by atoms with Crippen LogP contribution in [0.15, 0.2) is 48.4 Å². The number of ether oxygens (including phenoxy) is 1. The molecule has 0 unspecified atom stereocenters. The molecule has 1 heterocycles. The minimum atomic E-state index is 0.120. The number of nitrogens with two attached hydrogens (primary N) is 1. The van der Waals surface area contributed by atoms with Gasteiger partial charge in [0.05, 0.1) is 25.2 Å². The lowest BCUT2D eigenvalue weighted by Crippen LogP contribution is -2.46. The summed E-state index contributed by atoms with van der Waals surface area (Å²) in [5, 5.41) is 13.9. The van der Waals surface area contributed by atoms with Gasteiger partial charge < -0.3 is 15.6 Å². The van der Waals surface area contributed by atoms with Gasteiger partial charge in [0, 0.05) is 23.7 Å². The molecular weight excluding hydrogens is 369 g/mol. The van der Waals surface area contributed by atoms with E-state index < -0.39 is 0 Å². The number of halogens is 1. The van der Waals surface area contributed by atoms with Crippen LogP contribution in [0.5, 0.6) is 5.75 Å². The number of hydrogen-bond donors (Lipinski definition) is 2. The van der Waals surface area contributed by atoms with Gasteiger partial charge in [0.25, 0.3) is 0 Å². The highest BCUT2D eigenvalue weighted by Gasteiger charge is 2.50. The van der Waals surface area contributed by atoms with Gasteiger partial charge in [-0.15, -0.1) is 0 Å². The maximum absolute atomic E-state index is 12.6. The molecule has 3 saturated carbocycles. The first-order valence-corrected chi connectivity index (χ1v) is 10.5. The van der Waals surface area contributed by atoms with Crippen molar-refractivity contribution in [2.75, 3.05) is 19.8 Å². The number of aliphatic hydroxyl groups is 1. The largest absolute Gasteiger partial charge is 0.489 e. The summed E-state index contributed by atoms with van der Waals surface area (Å²) < 4.78 is 20.1. The SMILES string of the molecule is NC/C(=C\F)COc1ccc(C23CCC(c4ccn(CCO)n4)(CC2)CC3)cc1. The normalized spacial score (nSPS) is 26.7. The number of hydrogen-bond acceptors (Lipinski definition) is 4. The van der Waals surface area contributed by atoms with Crippen molar-refractivity contribution in [3.8, 4) is 5.75 Å². The van der Waals surface area contributed by atoms with Crippen LogP contribution in [-0.2, 0) is 17.4 Å². The lowest BCUT2D eigenvalue weighted by molar-refractivity contribution is 0.0979. The van der Waals surface area contributed by atoms with Crippen molar-refractivity contribution >= 4 is 0 Å². The molecule has 3 aliphatic rings. The Bertz CT molecular complexity index is 835. The molecule has 0 radical (unpaired) electrons. The van der Waals surface area contributed by atoms with Crippen molar-refractivity contribution in [3.63, 3.8) is 0 Å². The minimum Gasteiger partial charge on any atom is -0.489 e. The Morgan fingerprint density at radius 2 is 1.76 bits per heavy atom. The van der Waals surface area contributed by atoms with Crippen LogP contribution in [0.1, 0.15) is 49.8 Å². The molecule has 0 amide bonds. The average molecular weight is 400 g/mol. The predicted octanol–water partition coefficient (Wildman–Crippen LogP) is 3.61. The molecule has 6 heteroatoms. The van der Waals surface area contributed by atoms with Gasteiger partial charge in [-0.05, 0) is 67.7 Å². The summed E-state index contributed by atoms with van der Waals surface area (Å²) in [6.07, 6.45) is 9.49. The van der Waals surface area contributed by atoms with Crippen LogP contribution in [0.3, 0.4) is 0 Å². The summed E-state index contributed by atoms with van der Waals surface area (Å²) >= 11 is 0. The van der Waals surface area contributed by atoms with E-state index in [4.69, 9.17) is 20.7 Å². The molecule has 156 valence electrons. The lowest BCUT2D eigenvalue weighted by atomic mass is 9.51. The molecule has 0 saturated heterocycles. The second-order valence-corrected chi connectivity index (χ2v) is 8.53. The van der Waals surface area contributed by atoms with Crippen molar-refractivity contribution in [1.82, 2.24) is 9.78 Å². The van der Waals surface area contributed by atoms with Crippen LogP contribution in [0.25, 0.3) is 0 Å². The van der Waals surface area contributed by atoms with Crippen LogP contribution >= 0.6 is 0 Å². The Hall–Kier alpha value is -2.18. The highest BCUT2D eigenvalue weighted by atomic mass is 19.1. The van der Waals surface area contributed by atoms with Gasteiger partial charge in [0.15, 0.2) is 0 Å². The van der Waals surface area contributed by atoms with E-state index in [-0.39, 0.29) is 30.6 Å². The zero-order valence-corrected chi connectivity index (χ0v) is 16.8. The van der Waals surface area contributed by atoms with Crippen LogP contribution in [-0.4, -0.2) is 34.6 Å². The third kappa shape index (κ3) is 3.83. The fraction of sp³-hybridized carbons (Fsp3) is 0.522. The molecule has 3 N–H and O–H groups in total. The Morgan fingerprint density at radius 3 is 2.34 bits per heavy atom. The van der Waals surface area contributed by atoms with Gasteiger partial charge in [-0.3, -0.25) is 4.68 Å². The first-order chi connectivity index (χ1) is 14.1. The fourth-order valence-electron chi connectivity index (χ4n) is 5.09. The van der Waals surface area contributed by atoms with E-state index in [0.29, 0.717) is 18.4 Å². The monoisotopic (exact) mass is 399 g/mol. The smallest absolute Gasteiger partial charge is 0.119 e. The summed E-state index contributed by atoms with van der Waals surface area (Å²) in [5.74, 6) is 0.744. The number of nitrogens with zero attached hydrogens (tertiary/aromatic N) is 2. The predicted molar refractivity (Wildman–Crippen MR) is 111 cm³/mol. The second kappa shape index (κ2) is 8.28. The maximum Gasteiger partial charge on any atom is 0.119 e. The van der Waals surface area contributed by atoms with E-state index in [1.54, 1.807) is 0 Å². The zero-order valence-electron chi connectivity index (χ0n) is 16.8. The van der Waals surface area contributed by atoms with E-state index in [2.05, 4.69) is 18.2 Å². The molecular formula is C23H30FN3O2. The fourth-order valence-corrected chi connectivity index (χ4v) is 5.09. The molecule has 5 rings (SSSR count). The summed E-state index contributed by atoms with van der Waals surface area (Å²) in [6.45, 7) is 1.03. The van der Waals surface area contributed by atoms with Gasteiger partial charge in [0.1, 0.15) is 12.4 Å². The van der Waals surface area contributed by atoms with Crippen LogP contribution < -0.4 is 10.5 Å². The number of rotatable bonds is 8. The van der Waals surface area contributed by atoms with Gasteiger partial charge in [-0.2, -0.15) is 5.10 Å². The van der Waals surface area contributed by atoms with E-state index >= 15 is 0 Å². The van der Waals surface area contributed by atoms with Crippen LogP contribution in [0.4, 0.5) is 4.39 Å². The highest BCUT2D eigenvalue weighted by Crippen LogP contribution is 2.58. The Morgan fingerprint density at radius 1 is 1.10 bits per heavy atom. The van der Waals surface area contributed by atoms with Crippen molar-refractivity contribution in [1.29, 1.82) is 0 Å².